The van der Waals surface area contributed by atoms with Gasteiger partial charge in [0.05, 0.1) is 0 Å². The van der Waals surface area contributed by atoms with E-state index in [1.54, 1.807) is 48.5 Å². The SMILES string of the molecule is CC(=O)Nc1cc(NC(=O)CN(C(=O)c2cccc(CN)c2)c2ccccc2)ccc1C. The fourth-order valence-electron chi connectivity index (χ4n) is 3.24. The molecule has 0 bridgehead atoms. The molecule has 3 aromatic carbocycles. The summed E-state index contributed by atoms with van der Waals surface area (Å²) < 4.78 is 0. The number of rotatable bonds is 7. The first-order valence-electron chi connectivity index (χ1n) is 10.2. The summed E-state index contributed by atoms with van der Waals surface area (Å²) in [5.74, 6) is -0.864. The standard InChI is InChI=1S/C25H26N4O3/c1-17-11-12-21(14-23(17)27-18(2)30)28-24(31)16-29(22-9-4-3-5-10-22)25(32)20-8-6-7-19(13-20)15-26/h3-14H,15-16,26H2,1-2H3,(H,27,30)(H,28,31). The van der Waals surface area contributed by atoms with Crippen molar-refractivity contribution in [3.63, 3.8) is 0 Å². The van der Waals surface area contributed by atoms with Crippen molar-refractivity contribution < 1.29 is 14.4 Å². The normalized spacial score (nSPS) is 10.3. The van der Waals surface area contributed by atoms with Crippen LogP contribution >= 0.6 is 0 Å². The van der Waals surface area contributed by atoms with Crippen LogP contribution in [0.15, 0.2) is 72.8 Å². The largest absolute Gasteiger partial charge is 0.326 e. The summed E-state index contributed by atoms with van der Waals surface area (Å²) in [6, 6.07) is 21.3. The molecule has 3 rings (SSSR count). The van der Waals surface area contributed by atoms with Crippen LogP contribution in [0.5, 0.6) is 0 Å². The van der Waals surface area contributed by atoms with E-state index in [2.05, 4.69) is 10.6 Å². The Kier molecular flexibility index (Phi) is 7.36. The minimum absolute atomic E-state index is 0.182. The second-order valence-electron chi connectivity index (χ2n) is 7.39. The molecule has 4 N–H and O–H groups in total. The van der Waals surface area contributed by atoms with Gasteiger partial charge >= 0.3 is 0 Å². The highest BCUT2D eigenvalue weighted by Gasteiger charge is 2.21. The van der Waals surface area contributed by atoms with Gasteiger partial charge in [-0.3, -0.25) is 19.3 Å². The maximum Gasteiger partial charge on any atom is 0.258 e. The van der Waals surface area contributed by atoms with Gasteiger partial charge in [-0.1, -0.05) is 36.4 Å². The quantitative estimate of drug-likeness (QED) is 0.532. The first-order valence-corrected chi connectivity index (χ1v) is 10.2. The summed E-state index contributed by atoms with van der Waals surface area (Å²) in [5, 5.41) is 5.55. The van der Waals surface area contributed by atoms with Crippen molar-refractivity contribution in [2.45, 2.75) is 20.4 Å². The lowest BCUT2D eigenvalue weighted by Gasteiger charge is -2.23. The summed E-state index contributed by atoms with van der Waals surface area (Å²) in [7, 11) is 0. The molecular weight excluding hydrogens is 404 g/mol. The predicted octanol–water partition coefficient (Wildman–Crippen LogP) is 3.70. The molecule has 0 radical (unpaired) electrons. The minimum Gasteiger partial charge on any atom is -0.326 e. The van der Waals surface area contributed by atoms with Gasteiger partial charge in [-0.25, -0.2) is 0 Å². The second kappa shape index (κ2) is 10.4. The average Bonchev–Trinajstić information content (AvgIpc) is 2.79. The van der Waals surface area contributed by atoms with E-state index in [-0.39, 0.29) is 24.3 Å². The third-order valence-electron chi connectivity index (χ3n) is 4.86. The Morgan fingerprint density at radius 3 is 2.34 bits per heavy atom. The Hall–Kier alpha value is -3.97. The second-order valence-corrected chi connectivity index (χ2v) is 7.39. The molecule has 0 spiro atoms. The number of hydrogen-bond acceptors (Lipinski definition) is 4. The highest BCUT2D eigenvalue weighted by molar-refractivity contribution is 6.10. The number of carbonyl (C=O) groups is 3. The number of hydrogen-bond donors (Lipinski definition) is 3. The van der Waals surface area contributed by atoms with E-state index >= 15 is 0 Å². The third kappa shape index (κ3) is 5.80. The maximum absolute atomic E-state index is 13.3. The number of aryl methyl sites for hydroxylation is 1. The fourth-order valence-corrected chi connectivity index (χ4v) is 3.24. The van der Waals surface area contributed by atoms with Gasteiger partial charge in [0.1, 0.15) is 6.54 Å². The van der Waals surface area contributed by atoms with Gasteiger partial charge < -0.3 is 16.4 Å². The van der Waals surface area contributed by atoms with Crippen molar-refractivity contribution in [1.29, 1.82) is 0 Å². The number of anilines is 3. The van der Waals surface area contributed by atoms with Gasteiger partial charge in [-0.2, -0.15) is 0 Å². The fraction of sp³-hybridized carbons (Fsp3) is 0.160. The zero-order chi connectivity index (χ0) is 23.1. The summed E-state index contributed by atoms with van der Waals surface area (Å²) in [6.45, 7) is 3.42. The van der Waals surface area contributed by atoms with E-state index in [1.807, 2.05) is 31.2 Å². The molecule has 3 amide bonds. The van der Waals surface area contributed by atoms with Crippen LogP contribution in [0.3, 0.4) is 0 Å². The van der Waals surface area contributed by atoms with Crippen LogP contribution in [0.25, 0.3) is 0 Å². The smallest absolute Gasteiger partial charge is 0.258 e. The van der Waals surface area contributed by atoms with Gasteiger partial charge in [-0.15, -0.1) is 0 Å². The number of amides is 3. The average molecular weight is 431 g/mol. The third-order valence-corrected chi connectivity index (χ3v) is 4.86. The van der Waals surface area contributed by atoms with Gasteiger partial charge in [0.15, 0.2) is 0 Å². The Balaban J connectivity index is 1.83. The molecule has 0 atom stereocenters. The molecule has 164 valence electrons. The number of para-hydroxylation sites is 1. The molecule has 0 aromatic heterocycles. The Morgan fingerprint density at radius 1 is 0.906 bits per heavy atom. The number of nitrogens with one attached hydrogen (secondary N) is 2. The minimum atomic E-state index is -0.366. The monoisotopic (exact) mass is 430 g/mol. The first kappa shape index (κ1) is 22.7. The van der Waals surface area contributed by atoms with E-state index in [0.717, 1.165) is 11.1 Å². The van der Waals surface area contributed by atoms with E-state index < -0.39 is 0 Å². The van der Waals surface area contributed by atoms with Crippen LogP contribution in [0.4, 0.5) is 17.1 Å². The Morgan fingerprint density at radius 2 is 1.66 bits per heavy atom. The predicted molar refractivity (Wildman–Crippen MR) is 127 cm³/mol. The lowest BCUT2D eigenvalue weighted by Crippen LogP contribution is -2.38. The summed E-state index contributed by atoms with van der Waals surface area (Å²) in [4.78, 5) is 39.0. The molecule has 0 saturated heterocycles. The van der Waals surface area contributed by atoms with Crippen LogP contribution in [0.2, 0.25) is 0 Å². The van der Waals surface area contributed by atoms with Crippen LogP contribution in [-0.4, -0.2) is 24.3 Å². The van der Waals surface area contributed by atoms with Gasteiger partial charge in [0.25, 0.3) is 5.91 Å². The maximum atomic E-state index is 13.3. The van der Waals surface area contributed by atoms with Gasteiger partial charge in [0.2, 0.25) is 11.8 Å². The molecule has 0 unspecified atom stereocenters. The molecule has 0 heterocycles. The molecule has 7 heteroatoms. The molecule has 32 heavy (non-hydrogen) atoms. The number of nitrogens with two attached hydrogens (primary N) is 1. The van der Waals surface area contributed by atoms with Crippen molar-refractivity contribution >= 4 is 34.8 Å². The van der Waals surface area contributed by atoms with E-state index in [0.29, 0.717) is 29.2 Å². The van der Waals surface area contributed by atoms with Crippen molar-refractivity contribution in [2.24, 2.45) is 5.73 Å². The highest BCUT2D eigenvalue weighted by atomic mass is 16.2. The highest BCUT2D eigenvalue weighted by Crippen LogP contribution is 2.21. The van der Waals surface area contributed by atoms with Gasteiger partial charge in [-0.05, 0) is 54.4 Å². The number of nitrogens with zero attached hydrogens (tertiary/aromatic N) is 1. The number of benzene rings is 3. The van der Waals surface area contributed by atoms with Gasteiger partial charge in [0, 0.05) is 36.1 Å². The van der Waals surface area contributed by atoms with Crippen molar-refractivity contribution in [3.05, 3.63) is 89.5 Å². The summed E-state index contributed by atoms with van der Waals surface area (Å²) in [6.07, 6.45) is 0. The van der Waals surface area contributed by atoms with Crippen molar-refractivity contribution in [3.8, 4) is 0 Å². The van der Waals surface area contributed by atoms with E-state index in [1.165, 1.54) is 11.8 Å². The zero-order valence-electron chi connectivity index (χ0n) is 18.1. The van der Waals surface area contributed by atoms with Crippen LogP contribution in [0.1, 0.15) is 28.4 Å². The van der Waals surface area contributed by atoms with Crippen LogP contribution in [-0.2, 0) is 16.1 Å². The molecule has 0 saturated carbocycles. The zero-order valence-corrected chi connectivity index (χ0v) is 18.1. The lowest BCUT2D eigenvalue weighted by molar-refractivity contribution is -0.115. The molecule has 0 aliphatic rings. The molecule has 0 aliphatic heterocycles. The lowest BCUT2D eigenvalue weighted by atomic mass is 10.1. The molecular formula is C25H26N4O3. The molecule has 0 fully saturated rings. The molecule has 0 aliphatic carbocycles. The first-order chi connectivity index (χ1) is 15.4. The molecule has 7 nitrogen and oxygen atoms in total. The molecule has 3 aromatic rings. The van der Waals surface area contributed by atoms with E-state index in [9.17, 15) is 14.4 Å². The van der Waals surface area contributed by atoms with Crippen LogP contribution in [0, 0.1) is 6.92 Å². The topological polar surface area (TPSA) is 105 Å². The summed E-state index contributed by atoms with van der Waals surface area (Å²) in [5.41, 5.74) is 9.61. The van der Waals surface area contributed by atoms with Crippen molar-refractivity contribution in [2.75, 3.05) is 22.1 Å². The number of carbonyl (C=O) groups excluding carboxylic acids is 3. The van der Waals surface area contributed by atoms with Crippen LogP contribution < -0.4 is 21.3 Å². The Bertz CT molecular complexity index is 1130. The Labute approximate surface area is 187 Å². The summed E-state index contributed by atoms with van der Waals surface area (Å²) >= 11 is 0. The van der Waals surface area contributed by atoms with Crippen molar-refractivity contribution in [1.82, 2.24) is 0 Å². The van der Waals surface area contributed by atoms with E-state index in [4.69, 9.17) is 5.73 Å².